The highest BCUT2D eigenvalue weighted by Gasteiger charge is 2.41. The molecule has 29 heavy (non-hydrogen) atoms. The lowest BCUT2D eigenvalue weighted by molar-refractivity contribution is 0.0200. The van der Waals surface area contributed by atoms with Crippen molar-refractivity contribution in [2.24, 2.45) is 0 Å². The van der Waals surface area contributed by atoms with Crippen molar-refractivity contribution in [1.82, 2.24) is 4.90 Å². The number of carbonyl (C=O) groups excluding carboxylic acids is 1. The number of ketones is 1. The topological polar surface area (TPSA) is 131 Å². The number of aliphatic hydroxyl groups is 1. The van der Waals surface area contributed by atoms with Gasteiger partial charge in [-0.25, -0.2) is 0 Å². The first-order valence-electron chi connectivity index (χ1n) is 9.57. The van der Waals surface area contributed by atoms with E-state index in [2.05, 4.69) is 4.90 Å². The summed E-state index contributed by atoms with van der Waals surface area (Å²) in [6, 6.07) is 4.96. The van der Waals surface area contributed by atoms with Crippen molar-refractivity contribution in [2.45, 2.75) is 38.0 Å². The Balaban J connectivity index is 1.77. The van der Waals surface area contributed by atoms with Crippen molar-refractivity contribution in [3.8, 4) is 28.7 Å². The summed E-state index contributed by atoms with van der Waals surface area (Å²) in [6.07, 6.45) is 0.431. The van der Waals surface area contributed by atoms with Crippen LogP contribution in [0.2, 0.25) is 0 Å². The van der Waals surface area contributed by atoms with E-state index in [1.807, 2.05) is 0 Å². The molecule has 2 aliphatic heterocycles. The van der Waals surface area contributed by atoms with Crippen molar-refractivity contribution in [1.29, 1.82) is 0 Å². The number of carbonyl (C=O) groups is 1. The Labute approximate surface area is 167 Å². The lowest BCUT2D eigenvalue weighted by atomic mass is 9.90. The molecule has 2 unspecified atom stereocenters. The Hall–Kier alpha value is -2.97. The van der Waals surface area contributed by atoms with E-state index in [0.29, 0.717) is 12.1 Å². The summed E-state index contributed by atoms with van der Waals surface area (Å²) in [5, 5.41) is 50.5. The standard InChI is InChI=1S/C21H23NO7/c23-13-5-4-11(8-15(13)25)20-19(28)18(27)17-16(26)9-14(24)12(21(17)29-20)10-22-6-2-1-3-7-22/h4-5,8-9,19-20,23-26,28H,1-3,6-7,10H2. The van der Waals surface area contributed by atoms with Crippen molar-refractivity contribution < 1.29 is 35.1 Å². The van der Waals surface area contributed by atoms with Crippen molar-refractivity contribution in [3.63, 3.8) is 0 Å². The molecule has 1 saturated heterocycles. The van der Waals surface area contributed by atoms with E-state index in [1.54, 1.807) is 0 Å². The molecule has 0 aromatic heterocycles. The van der Waals surface area contributed by atoms with Crippen LogP contribution in [-0.4, -0.2) is 55.4 Å². The Morgan fingerprint density at radius 3 is 2.34 bits per heavy atom. The van der Waals surface area contributed by atoms with Gasteiger partial charge in [-0.3, -0.25) is 9.69 Å². The number of benzene rings is 2. The normalized spacial score (nSPS) is 22.2. The van der Waals surface area contributed by atoms with Gasteiger partial charge in [0.25, 0.3) is 0 Å². The molecular weight excluding hydrogens is 378 g/mol. The molecule has 0 aliphatic carbocycles. The van der Waals surface area contributed by atoms with E-state index < -0.39 is 29.5 Å². The number of rotatable bonds is 3. The largest absolute Gasteiger partial charge is 0.507 e. The zero-order valence-corrected chi connectivity index (χ0v) is 15.7. The lowest BCUT2D eigenvalue weighted by Crippen LogP contribution is -2.37. The number of fused-ring (bicyclic) bond motifs is 1. The smallest absolute Gasteiger partial charge is 0.202 e. The van der Waals surface area contributed by atoms with Gasteiger partial charge in [0.1, 0.15) is 22.8 Å². The van der Waals surface area contributed by atoms with Gasteiger partial charge in [0.05, 0.1) is 5.56 Å². The van der Waals surface area contributed by atoms with Crippen LogP contribution in [0.1, 0.15) is 46.9 Å². The first-order valence-corrected chi connectivity index (χ1v) is 9.57. The second kappa shape index (κ2) is 7.46. The maximum atomic E-state index is 12.8. The molecule has 154 valence electrons. The molecule has 8 heteroatoms. The molecule has 2 aromatic rings. The molecule has 0 spiro atoms. The zero-order valence-electron chi connectivity index (χ0n) is 15.7. The number of phenols is 4. The van der Waals surface area contributed by atoms with Crippen LogP contribution >= 0.6 is 0 Å². The number of ether oxygens (including phenoxy) is 1. The summed E-state index contributed by atoms with van der Waals surface area (Å²) in [4.78, 5) is 15.0. The molecule has 2 atom stereocenters. The number of hydrogen-bond donors (Lipinski definition) is 5. The third kappa shape index (κ3) is 3.45. The average Bonchev–Trinajstić information content (AvgIpc) is 2.70. The minimum Gasteiger partial charge on any atom is -0.507 e. The Morgan fingerprint density at radius 1 is 0.931 bits per heavy atom. The zero-order chi connectivity index (χ0) is 20.7. The molecule has 0 bridgehead atoms. The number of aromatic hydroxyl groups is 4. The predicted molar refractivity (Wildman–Crippen MR) is 102 cm³/mol. The fraction of sp³-hybridized carbons (Fsp3) is 0.381. The van der Waals surface area contributed by atoms with Crippen molar-refractivity contribution in [3.05, 3.63) is 41.0 Å². The number of hydrogen-bond acceptors (Lipinski definition) is 8. The Bertz CT molecular complexity index is 953. The molecular formula is C21H23NO7. The molecule has 8 nitrogen and oxygen atoms in total. The van der Waals surface area contributed by atoms with Gasteiger partial charge < -0.3 is 30.3 Å². The van der Waals surface area contributed by atoms with E-state index in [-0.39, 0.29) is 28.4 Å². The highest BCUT2D eigenvalue weighted by molar-refractivity contribution is 6.06. The first kappa shape index (κ1) is 19.4. The fourth-order valence-electron chi connectivity index (χ4n) is 3.98. The third-order valence-corrected chi connectivity index (χ3v) is 5.54. The van der Waals surface area contributed by atoms with Gasteiger partial charge in [0.15, 0.2) is 23.7 Å². The van der Waals surface area contributed by atoms with Gasteiger partial charge in [0.2, 0.25) is 5.78 Å². The van der Waals surface area contributed by atoms with Gasteiger partial charge in [-0.15, -0.1) is 0 Å². The second-order valence-electron chi connectivity index (χ2n) is 7.53. The third-order valence-electron chi connectivity index (χ3n) is 5.54. The highest BCUT2D eigenvalue weighted by atomic mass is 16.5. The molecule has 0 radical (unpaired) electrons. The maximum Gasteiger partial charge on any atom is 0.202 e. The molecule has 2 aromatic carbocycles. The van der Waals surface area contributed by atoms with Crippen LogP contribution in [0.25, 0.3) is 0 Å². The van der Waals surface area contributed by atoms with Crippen LogP contribution in [0.5, 0.6) is 28.7 Å². The molecule has 2 aliphatic rings. The minimum absolute atomic E-state index is 0.0286. The number of aliphatic hydroxyl groups excluding tert-OH is 1. The number of likely N-dealkylation sites (tertiary alicyclic amines) is 1. The quantitative estimate of drug-likeness (QED) is 0.495. The summed E-state index contributed by atoms with van der Waals surface area (Å²) in [6.45, 7) is 2.03. The van der Waals surface area contributed by atoms with E-state index >= 15 is 0 Å². The molecule has 4 rings (SSSR count). The number of phenolic OH excluding ortho intramolecular Hbond substituents is 4. The van der Waals surface area contributed by atoms with Gasteiger partial charge in [0, 0.05) is 12.6 Å². The SMILES string of the molecule is O=C1c2c(O)cc(O)c(CN3CCCCC3)c2OC(c2ccc(O)c(O)c2)C1O. The van der Waals surface area contributed by atoms with Crippen LogP contribution in [-0.2, 0) is 6.54 Å². The highest BCUT2D eigenvalue weighted by Crippen LogP contribution is 2.46. The van der Waals surface area contributed by atoms with Gasteiger partial charge >= 0.3 is 0 Å². The van der Waals surface area contributed by atoms with E-state index in [1.165, 1.54) is 18.2 Å². The average molecular weight is 401 g/mol. The van der Waals surface area contributed by atoms with Crippen LogP contribution in [0.15, 0.2) is 24.3 Å². The molecule has 0 amide bonds. The van der Waals surface area contributed by atoms with E-state index in [9.17, 15) is 30.3 Å². The lowest BCUT2D eigenvalue weighted by Gasteiger charge is -2.33. The summed E-state index contributed by atoms with van der Waals surface area (Å²) >= 11 is 0. The summed E-state index contributed by atoms with van der Waals surface area (Å²) < 4.78 is 5.92. The van der Waals surface area contributed by atoms with E-state index in [0.717, 1.165) is 38.4 Å². The Kier molecular flexibility index (Phi) is 4.97. The summed E-state index contributed by atoms with van der Waals surface area (Å²) in [5.41, 5.74) is 0.480. The van der Waals surface area contributed by atoms with Gasteiger partial charge in [-0.2, -0.15) is 0 Å². The van der Waals surface area contributed by atoms with Crippen molar-refractivity contribution in [2.75, 3.05) is 13.1 Å². The molecule has 5 N–H and O–H groups in total. The van der Waals surface area contributed by atoms with Crippen LogP contribution in [0.3, 0.4) is 0 Å². The van der Waals surface area contributed by atoms with Crippen LogP contribution in [0.4, 0.5) is 0 Å². The number of piperidine rings is 1. The number of nitrogens with zero attached hydrogens (tertiary/aromatic N) is 1. The molecule has 0 saturated carbocycles. The van der Waals surface area contributed by atoms with Crippen LogP contribution in [0, 0.1) is 0 Å². The summed E-state index contributed by atoms with van der Waals surface area (Å²) in [5.74, 6) is -2.11. The number of Topliss-reactive ketones (excluding diaryl/α,β-unsaturated/α-hetero) is 1. The molecule has 2 heterocycles. The van der Waals surface area contributed by atoms with Gasteiger partial charge in [-0.1, -0.05) is 12.5 Å². The first-order chi connectivity index (χ1) is 13.9. The van der Waals surface area contributed by atoms with Crippen LogP contribution < -0.4 is 4.74 Å². The Morgan fingerprint density at radius 2 is 1.66 bits per heavy atom. The van der Waals surface area contributed by atoms with Gasteiger partial charge in [-0.05, 0) is 43.6 Å². The second-order valence-corrected chi connectivity index (χ2v) is 7.53. The van der Waals surface area contributed by atoms with E-state index in [4.69, 9.17) is 4.74 Å². The van der Waals surface area contributed by atoms with Crippen molar-refractivity contribution >= 4 is 5.78 Å². The molecule has 1 fully saturated rings. The maximum absolute atomic E-state index is 12.8. The minimum atomic E-state index is -1.62. The predicted octanol–water partition coefficient (Wildman–Crippen LogP) is 2.17. The fourth-order valence-corrected chi connectivity index (χ4v) is 3.98. The summed E-state index contributed by atoms with van der Waals surface area (Å²) in [7, 11) is 0. The monoisotopic (exact) mass is 401 g/mol.